The van der Waals surface area contributed by atoms with Crippen LogP contribution in [-0.4, -0.2) is 46.5 Å². The number of anilines is 3. The first kappa shape index (κ1) is 14.3. The van der Waals surface area contributed by atoms with E-state index in [0.29, 0.717) is 11.9 Å². The average molecular weight is 279 g/mol. The van der Waals surface area contributed by atoms with Gasteiger partial charge in [0.1, 0.15) is 0 Å². The Labute approximate surface area is 118 Å². The fourth-order valence-corrected chi connectivity index (χ4v) is 2.21. The van der Waals surface area contributed by atoms with Gasteiger partial charge >= 0.3 is 0 Å². The molecule has 8 heteroatoms. The molecule has 1 aliphatic heterocycles. The second-order valence-electron chi connectivity index (χ2n) is 5.18. The molecule has 20 heavy (non-hydrogen) atoms. The highest BCUT2D eigenvalue weighted by Crippen LogP contribution is 2.20. The molecule has 0 unspecified atom stereocenters. The molecule has 0 saturated carbocycles. The summed E-state index contributed by atoms with van der Waals surface area (Å²) < 4.78 is 0. The van der Waals surface area contributed by atoms with Crippen molar-refractivity contribution in [2.45, 2.75) is 32.7 Å². The molecule has 0 atom stereocenters. The van der Waals surface area contributed by atoms with Gasteiger partial charge in [-0.25, -0.2) is 0 Å². The Morgan fingerprint density at radius 3 is 2.50 bits per heavy atom. The lowest BCUT2D eigenvalue weighted by Crippen LogP contribution is -2.40. The van der Waals surface area contributed by atoms with Crippen LogP contribution in [0, 0.1) is 0 Å². The van der Waals surface area contributed by atoms with Gasteiger partial charge in [0.05, 0.1) is 6.54 Å². The van der Waals surface area contributed by atoms with Gasteiger partial charge in [-0.05, 0) is 26.7 Å². The zero-order valence-electron chi connectivity index (χ0n) is 11.9. The van der Waals surface area contributed by atoms with E-state index in [1.807, 2.05) is 13.8 Å². The predicted octanol–water partition coefficient (Wildman–Crippen LogP) is -0.246. The number of nitrogens with zero attached hydrogens (tertiary/aromatic N) is 5. The van der Waals surface area contributed by atoms with Crippen molar-refractivity contribution in [2.75, 3.05) is 35.2 Å². The van der Waals surface area contributed by atoms with Gasteiger partial charge in [0.2, 0.25) is 23.8 Å². The average Bonchev–Trinajstić information content (AvgIpc) is 2.88. The molecule has 0 spiro atoms. The molecule has 1 aromatic rings. The summed E-state index contributed by atoms with van der Waals surface area (Å²) in [6.45, 7) is 5.78. The summed E-state index contributed by atoms with van der Waals surface area (Å²) in [4.78, 5) is 27.7. The minimum Gasteiger partial charge on any atom is -0.368 e. The van der Waals surface area contributed by atoms with E-state index < -0.39 is 5.91 Å². The van der Waals surface area contributed by atoms with Gasteiger partial charge in [0.15, 0.2) is 0 Å². The Hall–Kier alpha value is -2.12. The van der Waals surface area contributed by atoms with Crippen LogP contribution in [0.5, 0.6) is 0 Å². The molecule has 2 rings (SSSR count). The second-order valence-corrected chi connectivity index (χ2v) is 5.18. The Bertz CT molecular complexity index is 485. The van der Waals surface area contributed by atoms with E-state index >= 15 is 0 Å². The van der Waals surface area contributed by atoms with E-state index in [0.717, 1.165) is 25.9 Å². The molecule has 4 N–H and O–H groups in total. The molecular weight excluding hydrogens is 258 g/mol. The lowest BCUT2D eigenvalue weighted by atomic mass is 10.3. The molecule has 2 heterocycles. The number of primary amides is 1. The number of rotatable bonds is 5. The Morgan fingerprint density at radius 1 is 1.30 bits per heavy atom. The van der Waals surface area contributed by atoms with Crippen LogP contribution in [-0.2, 0) is 4.79 Å². The summed E-state index contributed by atoms with van der Waals surface area (Å²) in [6, 6.07) is 0.0377. The third-order valence-electron chi connectivity index (χ3n) is 3.22. The first-order valence-corrected chi connectivity index (χ1v) is 6.79. The fraction of sp³-hybridized carbons (Fsp3) is 0.667. The summed E-state index contributed by atoms with van der Waals surface area (Å²) in [5.74, 6) is 0.695. The highest BCUT2D eigenvalue weighted by Gasteiger charge is 2.21. The smallest absolute Gasteiger partial charge is 0.237 e. The van der Waals surface area contributed by atoms with Gasteiger partial charge in [-0.1, -0.05) is 0 Å². The minimum atomic E-state index is -0.430. The normalized spacial score (nSPS) is 14.8. The van der Waals surface area contributed by atoms with E-state index in [9.17, 15) is 4.79 Å². The van der Waals surface area contributed by atoms with Crippen molar-refractivity contribution in [3.63, 3.8) is 0 Å². The Balaban J connectivity index is 2.31. The number of nitrogen functional groups attached to an aromatic ring is 1. The van der Waals surface area contributed by atoms with Crippen molar-refractivity contribution in [3.8, 4) is 0 Å². The number of carbonyl (C=O) groups excluding carboxylic acids is 1. The molecular formula is C12H21N7O. The largest absolute Gasteiger partial charge is 0.368 e. The van der Waals surface area contributed by atoms with Crippen molar-refractivity contribution in [1.29, 1.82) is 0 Å². The third-order valence-corrected chi connectivity index (χ3v) is 3.22. The van der Waals surface area contributed by atoms with Gasteiger partial charge in [-0.15, -0.1) is 0 Å². The van der Waals surface area contributed by atoms with Gasteiger partial charge in [0.25, 0.3) is 0 Å². The highest BCUT2D eigenvalue weighted by atomic mass is 16.1. The van der Waals surface area contributed by atoms with E-state index in [1.54, 1.807) is 4.90 Å². The maximum Gasteiger partial charge on any atom is 0.237 e. The van der Waals surface area contributed by atoms with Crippen LogP contribution in [0.3, 0.4) is 0 Å². The number of hydrogen-bond acceptors (Lipinski definition) is 7. The molecule has 0 radical (unpaired) electrons. The van der Waals surface area contributed by atoms with Crippen molar-refractivity contribution in [2.24, 2.45) is 5.73 Å². The lowest BCUT2D eigenvalue weighted by molar-refractivity contribution is -0.116. The van der Waals surface area contributed by atoms with Crippen LogP contribution in [0.25, 0.3) is 0 Å². The predicted molar refractivity (Wildman–Crippen MR) is 77.4 cm³/mol. The van der Waals surface area contributed by atoms with Gasteiger partial charge in [0, 0.05) is 19.1 Å². The lowest BCUT2D eigenvalue weighted by Gasteiger charge is -2.26. The molecule has 1 amide bonds. The van der Waals surface area contributed by atoms with Crippen LogP contribution < -0.4 is 21.3 Å². The molecule has 0 aromatic carbocycles. The van der Waals surface area contributed by atoms with E-state index in [2.05, 4.69) is 19.9 Å². The monoisotopic (exact) mass is 279 g/mol. The summed E-state index contributed by atoms with van der Waals surface area (Å²) in [6.07, 6.45) is 2.24. The van der Waals surface area contributed by atoms with Gasteiger partial charge in [-0.3, -0.25) is 4.79 Å². The summed E-state index contributed by atoms with van der Waals surface area (Å²) in [5.41, 5.74) is 11.0. The topological polar surface area (TPSA) is 114 Å². The van der Waals surface area contributed by atoms with Crippen LogP contribution in [0.15, 0.2) is 0 Å². The standard InChI is InChI=1S/C12H21N7O/c1-8(2)19(7-9(13)20)12-16-10(14)15-11(17-12)18-5-3-4-6-18/h8H,3-7H2,1-2H3,(H2,13,20)(H2,14,15,16,17). The summed E-state index contributed by atoms with van der Waals surface area (Å²) in [7, 11) is 0. The third kappa shape index (κ3) is 3.25. The van der Waals surface area contributed by atoms with Crippen molar-refractivity contribution < 1.29 is 4.79 Å². The second kappa shape index (κ2) is 5.89. The number of hydrogen-bond donors (Lipinski definition) is 2. The van der Waals surface area contributed by atoms with Crippen LogP contribution in [0.1, 0.15) is 26.7 Å². The van der Waals surface area contributed by atoms with Crippen molar-refractivity contribution >= 4 is 23.8 Å². The molecule has 1 aromatic heterocycles. The molecule has 1 fully saturated rings. The van der Waals surface area contributed by atoms with Crippen molar-refractivity contribution in [1.82, 2.24) is 15.0 Å². The number of aromatic nitrogens is 3. The maximum absolute atomic E-state index is 11.2. The molecule has 1 aliphatic rings. The van der Waals surface area contributed by atoms with E-state index in [4.69, 9.17) is 11.5 Å². The van der Waals surface area contributed by atoms with Crippen LogP contribution in [0.4, 0.5) is 17.8 Å². The first-order chi connectivity index (χ1) is 9.47. The zero-order chi connectivity index (χ0) is 14.7. The van der Waals surface area contributed by atoms with Crippen LogP contribution in [0.2, 0.25) is 0 Å². The Kier molecular flexibility index (Phi) is 4.21. The number of carbonyl (C=O) groups is 1. The maximum atomic E-state index is 11.2. The number of amides is 1. The number of nitrogens with two attached hydrogens (primary N) is 2. The van der Waals surface area contributed by atoms with E-state index in [-0.39, 0.29) is 18.5 Å². The van der Waals surface area contributed by atoms with Crippen molar-refractivity contribution in [3.05, 3.63) is 0 Å². The Morgan fingerprint density at radius 2 is 1.95 bits per heavy atom. The van der Waals surface area contributed by atoms with Gasteiger partial charge < -0.3 is 21.3 Å². The fourth-order valence-electron chi connectivity index (χ4n) is 2.21. The van der Waals surface area contributed by atoms with Crippen LogP contribution >= 0.6 is 0 Å². The molecule has 110 valence electrons. The molecule has 1 saturated heterocycles. The minimum absolute atomic E-state index is 0.0377. The molecule has 0 bridgehead atoms. The quantitative estimate of drug-likeness (QED) is 0.764. The van der Waals surface area contributed by atoms with Gasteiger partial charge in [-0.2, -0.15) is 15.0 Å². The summed E-state index contributed by atoms with van der Waals surface area (Å²) >= 11 is 0. The molecule has 8 nitrogen and oxygen atoms in total. The highest BCUT2D eigenvalue weighted by molar-refractivity contribution is 5.79. The molecule has 0 aliphatic carbocycles. The zero-order valence-corrected chi connectivity index (χ0v) is 11.9. The first-order valence-electron chi connectivity index (χ1n) is 6.79. The van der Waals surface area contributed by atoms with E-state index in [1.165, 1.54) is 0 Å². The summed E-state index contributed by atoms with van der Waals surface area (Å²) in [5, 5.41) is 0. The SMILES string of the molecule is CC(C)N(CC(N)=O)c1nc(N)nc(N2CCCC2)n1.